The fourth-order valence-electron chi connectivity index (χ4n) is 4.54. The van der Waals surface area contributed by atoms with Gasteiger partial charge in [0.25, 0.3) is 5.91 Å². The number of nitrogen functional groups attached to an aromatic ring is 2. The summed E-state index contributed by atoms with van der Waals surface area (Å²) in [5, 5.41) is 50.8. The van der Waals surface area contributed by atoms with Crippen molar-refractivity contribution in [2.45, 2.75) is 69.7 Å². The molecular formula is C30H49ClN8O7. The van der Waals surface area contributed by atoms with Crippen LogP contribution in [0.3, 0.4) is 0 Å². The number of hydrogen-bond donors (Lipinski definition) is 9. The smallest absolute Gasteiger partial charge is 0.280 e. The lowest BCUT2D eigenvalue weighted by Crippen LogP contribution is -2.46. The molecule has 12 N–H and O–H groups in total. The number of rotatable bonds is 22. The Bertz CT molecular complexity index is 1210. The Hall–Kier alpha value is -3.31. The van der Waals surface area contributed by atoms with E-state index in [1.54, 1.807) is 0 Å². The highest BCUT2D eigenvalue weighted by molar-refractivity contribution is 6.31. The molecule has 1 aromatic carbocycles. The van der Waals surface area contributed by atoms with Crippen LogP contribution in [0, 0.1) is 0 Å². The highest BCUT2D eigenvalue weighted by atomic mass is 35.5. The lowest BCUT2D eigenvalue weighted by molar-refractivity contribution is -0.0753. The topological polar surface area (TPSA) is 259 Å². The van der Waals surface area contributed by atoms with Crippen molar-refractivity contribution in [1.29, 1.82) is 0 Å². The van der Waals surface area contributed by atoms with Crippen LogP contribution >= 0.6 is 11.6 Å². The van der Waals surface area contributed by atoms with Crippen molar-refractivity contribution >= 4 is 35.1 Å². The van der Waals surface area contributed by atoms with E-state index in [1.165, 1.54) is 0 Å². The molecule has 3 atom stereocenters. The molecule has 2 rings (SSSR count). The molecule has 0 spiro atoms. The number of aryl methyl sites for hydroxylation is 1. The first-order valence-electron chi connectivity index (χ1n) is 15.5. The number of nitrogens with zero attached hydrogens (tertiary/aromatic N) is 4. The first-order chi connectivity index (χ1) is 22.0. The SMILES string of the molecule is NC(=NCCCCc1ccc(OCCN(CCCCCCO)CC(O)C(O)C(O)CCO)cc1)NC(=O)c1nc(Cl)c(N)nc1N. The fourth-order valence-corrected chi connectivity index (χ4v) is 4.66. The first-order valence-corrected chi connectivity index (χ1v) is 15.8. The van der Waals surface area contributed by atoms with Crippen LogP contribution in [0.25, 0.3) is 0 Å². The summed E-state index contributed by atoms with van der Waals surface area (Å²) in [6, 6.07) is 7.75. The highest BCUT2D eigenvalue weighted by Gasteiger charge is 2.26. The van der Waals surface area contributed by atoms with Crippen LogP contribution in [-0.2, 0) is 6.42 Å². The predicted octanol–water partition coefficient (Wildman–Crippen LogP) is 0.0604. The van der Waals surface area contributed by atoms with Crippen LogP contribution in [-0.4, -0.2) is 117 Å². The minimum Gasteiger partial charge on any atom is -0.492 e. The van der Waals surface area contributed by atoms with Crippen LogP contribution in [0.1, 0.15) is 61.0 Å². The van der Waals surface area contributed by atoms with Crippen molar-refractivity contribution in [1.82, 2.24) is 20.2 Å². The van der Waals surface area contributed by atoms with Crippen molar-refractivity contribution in [3.63, 3.8) is 0 Å². The molecule has 0 fully saturated rings. The molecule has 0 saturated carbocycles. The lowest BCUT2D eigenvalue weighted by atomic mass is 10.0. The van der Waals surface area contributed by atoms with Crippen molar-refractivity contribution in [2.75, 3.05) is 57.5 Å². The van der Waals surface area contributed by atoms with Crippen LogP contribution in [0.5, 0.6) is 5.75 Å². The van der Waals surface area contributed by atoms with Crippen LogP contribution in [0.15, 0.2) is 29.3 Å². The normalized spacial score (nSPS) is 13.8. The molecule has 2 aromatic rings. The monoisotopic (exact) mass is 668 g/mol. The second-order valence-electron chi connectivity index (χ2n) is 10.9. The summed E-state index contributed by atoms with van der Waals surface area (Å²) in [6.45, 7) is 1.95. The van der Waals surface area contributed by atoms with Gasteiger partial charge in [0.15, 0.2) is 28.4 Å². The molecule has 15 nitrogen and oxygen atoms in total. The Kier molecular flexibility index (Phi) is 18.1. The molecule has 1 amide bonds. The zero-order valence-electron chi connectivity index (χ0n) is 26.1. The number of halogens is 1. The Morgan fingerprint density at radius 2 is 1.65 bits per heavy atom. The van der Waals surface area contributed by atoms with E-state index < -0.39 is 24.2 Å². The number of carbonyl (C=O) groups excluding carboxylic acids is 1. The zero-order valence-corrected chi connectivity index (χ0v) is 26.9. The second kappa shape index (κ2) is 21.5. The number of hydrogen-bond acceptors (Lipinski definition) is 13. The molecule has 1 heterocycles. The number of benzene rings is 1. The number of aromatic nitrogens is 2. The minimum absolute atomic E-state index is 0.0182. The van der Waals surface area contributed by atoms with Crippen LogP contribution in [0.4, 0.5) is 11.6 Å². The average molecular weight is 669 g/mol. The third kappa shape index (κ3) is 14.4. The molecule has 0 saturated heterocycles. The summed E-state index contributed by atoms with van der Waals surface area (Å²) in [5.74, 6) is -0.321. The molecule has 0 aliphatic rings. The van der Waals surface area contributed by atoms with Crippen molar-refractivity contribution in [3.05, 3.63) is 40.7 Å². The minimum atomic E-state index is -1.36. The average Bonchev–Trinajstić information content (AvgIpc) is 3.02. The van der Waals surface area contributed by atoms with Crippen molar-refractivity contribution in [2.24, 2.45) is 10.7 Å². The van der Waals surface area contributed by atoms with Gasteiger partial charge in [-0.05, 0) is 62.8 Å². The largest absolute Gasteiger partial charge is 0.492 e. The predicted molar refractivity (Wildman–Crippen MR) is 176 cm³/mol. The number of anilines is 2. The number of amides is 1. The van der Waals surface area contributed by atoms with Gasteiger partial charge in [-0.2, -0.15) is 0 Å². The van der Waals surface area contributed by atoms with Gasteiger partial charge >= 0.3 is 0 Å². The number of aliphatic hydroxyl groups is 5. The molecule has 3 unspecified atom stereocenters. The maximum atomic E-state index is 12.3. The van der Waals surface area contributed by atoms with Gasteiger partial charge in [-0.15, -0.1) is 0 Å². The van der Waals surface area contributed by atoms with Gasteiger partial charge in [-0.3, -0.25) is 20.0 Å². The number of guanidine groups is 1. The van der Waals surface area contributed by atoms with Crippen LogP contribution < -0.4 is 27.3 Å². The molecule has 0 bridgehead atoms. The first kappa shape index (κ1) is 38.9. The number of ether oxygens (including phenoxy) is 1. The van der Waals surface area contributed by atoms with E-state index in [9.17, 15) is 20.1 Å². The third-order valence-corrected chi connectivity index (χ3v) is 7.44. The summed E-state index contributed by atoms with van der Waals surface area (Å²) in [6.07, 6.45) is 2.03. The number of aliphatic imine (C=N–C) groups is 1. The Balaban J connectivity index is 1.75. The summed E-state index contributed by atoms with van der Waals surface area (Å²) in [5.41, 5.74) is 17.9. The zero-order chi connectivity index (χ0) is 33.9. The molecule has 46 heavy (non-hydrogen) atoms. The number of aliphatic hydroxyl groups excluding tert-OH is 5. The van der Waals surface area contributed by atoms with Crippen molar-refractivity contribution < 1.29 is 35.1 Å². The van der Waals surface area contributed by atoms with E-state index in [0.29, 0.717) is 32.0 Å². The number of nitrogens with one attached hydrogen (secondary N) is 1. The molecule has 0 aliphatic carbocycles. The fraction of sp³-hybridized carbons (Fsp3) is 0.600. The van der Waals surface area contributed by atoms with Gasteiger partial charge in [0, 0.05) is 32.8 Å². The van der Waals surface area contributed by atoms with E-state index in [2.05, 4.69) is 20.3 Å². The quantitative estimate of drug-likeness (QED) is 0.0457. The van der Waals surface area contributed by atoms with Gasteiger partial charge in [0.1, 0.15) is 18.5 Å². The standard InChI is InChI=1S/C30H49ClN8O7/c31-26-28(33)37-27(32)24(36-26)29(45)38-30(34)35-13-4-3-7-20-8-10-21(11-9-20)46-18-15-39(14-5-1-2-6-16-40)19-23(43)25(44)22(42)12-17-41/h8-11,22-23,25,40-44H,1-7,12-19H2,(H4,32,33,37)(H3,34,35,38,45). The molecule has 16 heteroatoms. The summed E-state index contributed by atoms with van der Waals surface area (Å²) in [7, 11) is 0. The third-order valence-electron chi connectivity index (χ3n) is 7.16. The van der Waals surface area contributed by atoms with Gasteiger partial charge in [0.05, 0.1) is 12.2 Å². The number of unbranched alkanes of at least 4 members (excludes halogenated alkanes) is 4. The molecule has 0 radical (unpaired) electrons. The Labute approximate surface area is 274 Å². The summed E-state index contributed by atoms with van der Waals surface area (Å²) < 4.78 is 5.92. The molecule has 258 valence electrons. The van der Waals surface area contributed by atoms with E-state index in [0.717, 1.165) is 50.5 Å². The number of nitrogens with two attached hydrogens (primary N) is 3. The number of carbonyl (C=O) groups is 1. The highest BCUT2D eigenvalue weighted by Crippen LogP contribution is 2.17. The summed E-state index contributed by atoms with van der Waals surface area (Å²) >= 11 is 5.81. The van der Waals surface area contributed by atoms with E-state index in [-0.39, 0.29) is 54.6 Å². The summed E-state index contributed by atoms with van der Waals surface area (Å²) in [4.78, 5) is 26.0. The van der Waals surface area contributed by atoms with Crippen molar-refractivity contribution in [3.8, 4) is 5.75 Å². The van der Waals surface area contributed by atoms with E-state index in [1.807, 2.05) is 29.2 Å². The Morgan fingerprint density at radius 1 is 0.935 bits per heavy atom. The van der Waals surface area contributed by atoms with E-state index >= 15 is 0 Å². The Morgan fingerprint density at radius 3 is 2.35 bits per heavy atom. The maximum absolute atomic E-state index is 12.3. The van der Waals surface area contributed by atoms with Crippen LogP contribution in [0.2, 0.25) is 5.15 Å². The lowest BCUT2D eigenvalue weighted by Gasteiger charge is -2.29. The van der Waals surface area contributed by atoms with Gasteiger partial charge in [0.2, 0.25) is 0 Å². The maximum Gasteiger partial charge on any atom is 0.280 e. The van der Waals surface area contributed by atoms with Gasteiger partial charge < -0.3 is 47.5 Å². The van der Waals surface area contributed by atoms with E-state index in [4.69, 9.17) is 43.8 Å². The van der Waals surface area contributed by atoms with Gasteiger partial charge in [-0.1, -0.05) is 36.6 Å². The second-order valence-corrected chi connectivity index (χ2v) is 11.2. The molecular weight excluding hydrogens is 620 g/mol. The molecule has 1 aromatic heterocycles. The molecule has 0 aliphatic heterocycles. The van der Waals surface area contributed by atoms with Gasteiger partial charge in [-0.25, -0.2) is 9.97 Å².